The van der Waals surface area contributed by atoms with Crippen molar-refractivity contribution >= 4 is 28.4 Å². The summed E-state index contributed by atoms with van der Waals surface area (Å²) in [5.41, 5.74) is 23.7. The summed E-state index contributed by atoms with van der Waals surface area (Å²) in [6.45, 7) is 0. The predicted octanol–water partition coefficient (Wildman–Crippen LogP) is 18.8. The molecule has 0 saturated heterocycles. The summed E-state index contributed by atoms with van der Waals surface area (Å²) in [6.07, 6.45) is 19.6. The van der Waals surface area contributed by atoms with Gasteiger partial charge in [0.2, 0.25) is 0 Å². The second kappa shape index (κ2) is 18.1. The number of hydrogen-bond acceptors (Lipinski definition) is 2. The molecule has 2 nitrogen and oxygen atoms in total. The van der Waals surface area contributed by atoms with Crippen molar-refractivity contribution in [2.24, 2.45) is 5.92 Å². The fourth-order valence-corrected chi connectivity index (χ4v) is 12.0. The Labute approximate surface area is 418 Å². The van der Waals surface area contributed by atoms with Gasteiger partial charge in [0.15, 0.2) is 0 Å². The average molecular weight is 911 g/mol. The molecule has 0 bridgehead atoms. The second-order valence-corrected chi connectivity index (χ2v) is 19.6. The van der Waals surface area contributed by atoms with Gasteiger partial charge in [-0.25, -0.2) is 0 Å². The summed E-state index contributed by atoms with van der Waals surface area (Å²) in [7, 11) is 0. The van der Waals surface area contributed by atoms with Gasteiger partial charge >= 0.3 is 0 Å². The van der Waals surface area contributed by atoms with Gasteiger partial charge in [0.05, 0.1) is 0 Å². The molecule has 1 atom stereocenters. The Bertz CT molecular complexity index is 3460. The summed E-state index contributed by atoms with van der Waals surface area (Å²) in [4.78, 5) is 4.92. The van der Waals surface area contributed by atoms with Crippen LogP contribution in [0, 0.1) is 5.92 Å². The van der Waals surface area contributed by atoms with Crippen LogP contribution in [0.4, 0.5) is 28.4 Å². The molecule has 0 N–H and O–H groups in total. The Morgan fingerprint density at radius 1 is 0.352 bits per heavy atom. The van der Waals surface area contributed by atoms with E-state index in [9.17, 15) is 0 Å². The van der Waals surface area contributed by atoms with E-state index in [1.54, 1.807) is 0 Å². The molecule has 0 amide bonds. The van der Waals surface area contributed by atoms with E-state index in [0.29, 0.717) is 5.92 Å². The molecule has 0 heterocycles. The molecule has 340 valence electrons. The third kappa shape index (κ3) is 7.77. The SMILES string of the molecule is C1=CC2=C(N(c3ccc(-c4ccc(N(c5ccc(-c6ccccc6)cc5)c5ccc6c(c5)C5(CCCC5)c5ccccc5-6)cc4)cc3)c3cc(-c4ccccc4)cc(-c4ccccc4)c3)C=CCC2C=C1. The maximum Gasteiger partial charge on any atom is 0.0496 e. The quantitative estimate of drug-likeness (QED) is 0.135. The summed E-state index contributed by atoms with van der Waals surface area (Å²) in [5, 5.41) is 0. The van der Waals surface area contributed by atoms with E-state index in [2.05, 4.69) is 271 Å². The van der Waals surface area contributed by atoms with E-state index >= 15 is 0 Å². The molecule has 71 heavy (non-hydrogen) atoms. The van der Waals surface area contributed by atoms with Crippen molar-refractivity contribution in [1.82, 2.24) is 0 Å². The van der Waals surface area contributed by atoms with E-state index in [-0.39, 0.29) is 5.41 Å². The second-order valence-electron chi connectivity index (χ2n) is 19.6. The lowest BCUT2D eigenvalue weighted by Crippen LogP contribution is -2.21. The number of benzene rings is 9. The molecule has 1 spiro atoms. The van der Waals surface area contributed by atoms with Crippen molar-refractivity contribution in [3.8, 4) is 55.6 Å². The molecule has 0 radical (unpaired) electrons. The van der Waals surface area contributed by atoms with Gasteiger partial charge in [-0.05, 0) is 164 Å². The van der Waals surface area contributed by atoms with Crippen LogP contribution in [0.1, 0.15) is 43.2 Å². The molecule has 9 aromatic carbocycles. The van der Waals surface area contributed by atoms with Crippen LogP contribution in [-0.2, 0) is 5.41 Å². The van der Waals surface area contributed by atoms with E-state index in [1.807, 2.05) is 0 Å². The summed E-state index contributed by atoms with van der Waals surface area (Å²) in [5.74, 6) is 0.337. The number of fused-ring (bicyclic) bond motifs is 6. The lowest BCUT2D eigenvalue weighted by molar-refractivity contribution is 0.550. The van der Waals surface area contributed by atoms with Crippen LogP contribution in [0.15, 0.2) is 272 Å². The molecule has 1 fully saturated rings. The van der Waals surface area contributed by atoms with E-state index in [1.165, 1.54) is 109 Å². The zero-order chi connectivity index (χ0) is 47.1. The molecule has 13 rings (SSSR count). The van der Waals surface area contributed by atoms with Crippen LogP contribution >= 0.6 is 0 Å². The lowest BCUT2D eigenvalue weighted by Gasteiger charge is -2.33. The van der Waals surface area contributed by atoms with E-state index in [0.717, 1.165) is 29.2 Å². The van der Waals surface area contributed by atoms with Crippen LogP contribution < -0.4 is 9.80 Å². The van der Waals surface area contributed by atoms with Crippen LogP contribution in [-0.4, -0.2) is 0 Å². The normalized spacial score (nSPS) is 15.9. The summed E-state index contributed by atoms with van der Waals surface area (Å²) >= 11 is 0. The van der Waals surface area contributed by atoms with Crippen LogP contribution in [0.5, 0.6) is 0 Å². The molecule has 0 aromatic heterocycles. The van der Waals surface area contributed by atoms with Crippen molar-refractivity contribution < 1.29 is 0 Å². The molecule has 4 aliphatic carbocycles. The van der Waals surface area contributed by atoms with Crippen LogP contribution in [0.25, 0.3) is 55.6 Å². The minimum absolute atomic E-state index is 0.0849. The van der Waals surface area contributed by atoms with Gasteiger partial charge in [-0.15, -0.1) is 0 Å². The Hall–Kier alpha value is -8.46. The highest BCUT2D eigenvalue weighted by Crippen LogP contribution is 2.58. The predicted molar refractivity (Wildman–Crippen MR) is 299 cm³/mol. The van der Waals surface area contributed by atoms with E-state index < -0.39 is 0 Å². The average Bonchev–Trinajstić information content (AvgIpc) is 4.06. The highest BCUT2D eigenvalue weighted by molar-refractivity contribution is 5.88. The third-order valence-electron chi connectivity index (χ3n) is 15.5. The van der Waals surface area contributed by atoms with Gasteiger partial charge < -0.3 is 9.80 Å². The monoisotopic (exact) mass is 910 g/mol. The smallest absolute Gasteiger partial charge is 0.0496 e. The van der Waals surface area contributed by atoms with Gasteiger partial charge in [0.1, 0.15) is 0 Å². The highest BCUT2D eigenvalue weighted by atomic mass is 15.2. The van der Waals surface area contributed by atoms with Gasteiger partial charge in [-0.1, -0.05) is 201 Å². The van der Waals surface area contributed by atoms with Crippen molar-refractivity contribution in [1.29, 1.82) is 0 Å². The first-order chi connectivity index (χ1) is 35.2. The molecule has 9 aromatic rings. The first-order valence-corrected chi connectivity index (χ1v) is 25.4. The first kappa shape index (κ1) is 42.6. The van der Waals surface area contributed by atoms with Crippen LogP contribution in [0.2, 0.25) is 0 Å². The topological polar surface area (TPSA) is 6.48 Å². The van der Waals surface area contributed by atoms with Gasteiger partial charge in [0.25, 0.3) is 0 Å². The molecule has 2 heteroatoms. The maximum absolute atomic E-state index is 2.52. The molecular weight excluding hydrogens is 857 g/mol. The standard InChI is InChI=1S/C69H54N2/c1-4-17-49(18-5-1)52-29-35-58(36-30-52)70(61-41-42-65-64-26-12-13-27-66(64)69(67(65)48-61)43-14-15-44-69)59-37-31-53(32-38-59)54-33-39-60(40-34-54)71(68-28-16-24-55-23-10-11-25-63(55)68)62-46-56(50-19-6-2-7-20-50)45-57(47-62)51-21-8-3-9-22-51/h1-13,16-23,25-42,45-48,55H,14-15,24,43-44H2. The van der Waals surface area contributed by atoms with Gasteiger partial charge in [-0.2, -0.15) is 0 Å². The van der Waals surface area contributed by atoms with Crippen molar-refractivity contribution in [3.05, 3.63) is 283 Å². The number of nitrogens with zero attached hydrogens (tertiary/aromatic N) is 2. The molecule has 1 unspecified atom stereocenters. The Morgan fingerprint density at radius 3 is 1.41 bits per heavy atom. The Kier molecular flexibility index (Phi) is 10.9. The highest BCUT2D eigenvalue weighted by Gasteiger charge is 2.45. The number of hydrogen-bond donors (Lipinski definition) is 0. The number of anilines is 5. The summed E-state index contributed by atoms with van der Waals surface area (Å²) in [6, 6.07) is 83.1. The summed E-state index contributed by atoms with van der Waals surface area (Å²) < 4.78 is 0. The Morgan fingerprint density at radius 2 is 0.831 bits per heavy atom. The largest absolute Gasteiger partial charge is 0.310 e. The molecule has 4 aliphatic rings. The Balaban J connectivity index is 0.885. The fraction of sp³-hybridized carbons (Fsp3) is 0.101. The van der Waals surface area contributed by atoms with Crippen molar-refractivity contribution in [3.63, 3.8) is 0 Å². The minimum Gasteiger partial charge on any atom is -0.310 e. The van der Waals surface area contributed by atoms with Crippen LogP contribution in [0.3, 0.4) is 0 Å². The first-order valence-electron chi connectivity index (χ1n) is 25.4. The van der Waals surface area contributed by atoms with Crippen molar-refractivity contribution in [2.45, 2.75) is 37.5 Å². The lowest BCUT2D eigenvalue weighted by atomic mass is 9.76. The zero-order valence-corrected chi connectivity index (χ0v) is 39.8. The van der Waals surface area contributed by atoms with Crippen molar-refractivity contribution in [2.75, 3.05) is 9.80 Å². The molecule has 1 saturated carbocycles. The zero-order valence-electron chi connectivity index (χ0n) is 39.8. The number of rotatable bonds is 10. The maximum atomic E-state index is 2.52. The molecule has 0 aliphatic heterocycles. The minimum atomic E-state index is 0.0849. The number of allylic oxidation sites excluding steroid dienone is 7. The van der Waals surface area contributed by atoms with Gasteiger partial charge in [-0.3, -0.25) is 0 Å². The molecular formula is C69H54N2. The fourth-order valence-electron chi connectivity index (χ4n) is 12.0. The third-order valence-corrected chi connectivity index (χ3v) is 15.5. The van der Waals surface area contributed by atoms with E-state index in [4.69, 9.17) is 0 Å². The van der Waals surface area contributed by atoms with Gasteiger partial charge in [0, 0.05) is 45.5 Å².